The van der Waals surface area contributed by atoms with E-state index in [-0.39, 0.29) is 0 Å². The van der Waals surface area contributed by atoms with Crippen molar-refractivity contribution in [3.63, 3.8) is 0 Å². The molecule has 1 aliphatic heterocycles. The van der Waals surface area contributed by atoms with E-state index in [0.29, 0.717) is 11.8 Å². The Morgan fingerprint density at radius 3 is 2.44 bits per heavy atom. The zero-order valence-corrected chi connectivity index (χ0v) is 11.0. The molecule has 1 saturated heterocycles. The Labute approximate surface area is 109 Å². The Hall–Kier alpha value is -0.900. The van der Waals surface area contributed by atoms with E-state index in [4.69, 9.17) is 4.52 Å². The van der Waals surface area contributed by atoms with E-state index in [9.17, 15) is 0 Å². The van der Waals surface area contributed by atoms with E-state index < -0.39 is 0 Å². The van der Waals surface area contributed by atoms with E-state index in [2.05, 4.69) is 15.5 Å². The Morgan fingerprint density at radius 2 is 1.72 bits per heavy atom. The number of aromatic nitrogens is 2. The molecule has 1 atom stereocenters. The van der Waals surface area contributed by atoms with E-state index in [1.54, 1.807) is 0 Å². The van der Waals surface area contributed by atoms with Gasteiger partial charge in [0.1, 0.15) is 0 Å². The van der Waals surface area contributed by atoms with Crippen molar-refractivity contribution in [1.82, 2.24) is 15.5 Å². The smallest absolute Gasteiger partial charge is 0.231 e. The Balaban J connectivity index is 1.67. The molecule has 1 aromatic rings. The summed E-state index contributed by atoms with van der Waals surface area (Å²) in [5, 5.41) is 7.65. The van der Waals surface area contributed by atoms with Gasteiger partial charge in [0.15, 0.2) is 5.82 Å². The van der Waals surface area contributed by atoms with Gasteiger partial charge in [0.2, 0.25) is 5.89 Å². The fourth-order valence-corrected chi connectivity index (χ4v) is 3.18. The summed E-state index contributed by atoms with van der Waals surface area (Å²) in [5.74, 6) is 2.81. The highest BCUT2D eigenvalue weighted by Gasteiger charge is 2.24. The fraction of sp³-hybridized carbons (Fsp3) is 0.857. The van der Waals surface area contributed by atoms with Crippen LogP contribution in [-0.2, 0) is 0 Å². The fourth-order valence-electron chi connectivity index (χ4n) is 3.18. The lowest BCUT2D eigenvalue weighted by Crippen LogP contribution is -2.28. The van der Waals surface area contributed by atoms with Gasteiger partial charge < -0.3 is 9.84 Å². The number of hydrogen-bond acceptors (Lipinski definition) is 4. The van der Waals surface area contributed by atoms with Crippen molar-refractivity contribution in [3.8, 4) is 0 Å². The molecule has 3 rings (SSSR count). The number of hydrogen-bond donors (Lipinski definition) is 1. The Kier molecular flexibility index (Phi) is 3.93. The third-order valence-corrected chi connectivity index (χ3v) is 4.32. The second-order valence-electron chi connectivity index (χ2n) is 5.72. The molecule has 2 fully saturated rings. The minimum Gasteiger partial charge on any atom is -0.339 e. The van der Waals surface area contributed by atoms with E-state index in [1.807, 2.05) is 0 Å². The first kappa shape index (κ1) is 12.2. The Bertz CT molecular complexity index is 363. The van der Waals surface area contributed by atoms with Crippen LogP contribution in [0.5, 0.6) is 0 Å². The first-order valence-corrected chi connectivity index (χ1v) is 7.47. The lowest BCUT2D eigenvalue weighted by Gasteiger charge is -2.18. The normalized spacial score (nSPS) is 27.0. The van der Waals surface area contributed by atoms with Crippen LogP contribution >= 0.6 is 0 Å². The molecular formula is C14H23N3O. The van der Waals surface area contributed by atoms with Crippen LogP contribution in [0.2, 0.25) is 0 Å². The molecule has 1 saturated carbocycles. The summed E-state index contributed by atoms with van der Waals surface area (Å²) in [4.78, 5) is 4.68. The molecule has 0 unspecified atom stereocenters. The molecular weight excluding hydrogens is 226 g/mol. The second kappa shape index (κ2) is 5.83. The van der Waals surface area contributed by atoms with E-state index >= 15 is 0 Å². The van der Waals surface area contributed by atoms with Crippen molar-refractivity contribution in [1.29, 1.82) is 0 Å². The van der Waals surface area contributed by atoms with Gasteiger partial charge in [-0.1, -0.05) is 30.8 Å². The third-order valence-electron chi connectivity index (χ3n) is 4.32. The van der Waals surface area contributed by atoms with Gasteiger partial charge in [0, 0.05) is 12.5 Å². The monoisotopic (exact) mass is 249 g/mol. The van der Waals surface area contributed by atoms with Crippen LogP contribution in [0.3, 0.4) is 0 Å². The molecule has 1 aromatic heterocycles. The van der Waals surface area contributed by atoms with Crippen molar-refractivity contribution < 1.29 is 4.52 Å². The SMILES string of the molecule is C1CCCC(c2noc([C@H]3CCCNC3)n2)CC1. The first-order chi connectivity index (χ1) is 8.93. The molecule has 0 aromatic carbocycles. The topological polar surface area (TPSA) is 51.0 Å². The van der Waals surface area contributed by atoms with Crippen LogP contribution in [0.4, 0.5) is 0 Å². The predicted octanol–water partition coefficient (Wildman–Crippen LogP) is 2.97. The molecule has 2 aliphatic rings. The molecule has 2 heterocycles. The summed E-state index contributed by atoms with van der Waals surface area (Å²) < 4.78 is 5.50. The van der Waals surface area contributed by atoms with Crippen LogP contribution < -0.4 is 5.32 Å². The molecule has 0 amide bonds. The molecule has 100 valence electrons. The Morgan fingerprint density at radius 1 is 0.944 bits per heavy atom. The average Bonchev–Trinajstić information content (AvgIpc) is 2.76. The van der Waals surface area contributed by atoms with E-state index in [0.717, 1.165) is 24.8 Å². The van der Waals surface area contributed by atoms with Crippen molar-refractivity contribution in [2.24, 2.45) is 0 Å². The van der Waals surface area contributed by atoms with Gasteiger partial charge in [-0.2, -0.15) is 4.98 Å². The number of rotatable bonds is 2. The number of nitrogens with one attached hydrogen (secondary N) is 1. The van der Waals surface area contributed by atoms with Crippen molar-refractivity contribution >= 4 is 0 Å². The lowest BCUT2D eigenvalue weighted by atomic mass is 9.98. The second-order valence-corrected chi connectivity index (χ2v) is 5.72. The summed E-state index contributed by atoms with van der Waals surface area (Å²) in [6.45, 7) is 2.12. The van der Waals surface area contributed by atoms with Gasteiger partial charge >= 0.3 is 0 Å². The maximum absolute atomic E-state index is 5.50. The van der Waals surface area contributed by atoms with Crippen LogP contribution in [0, 0.1) is 0 Å². The van der Waals surface area contributed by atoms with Crippen molar-refractivity contribution in [3.05, 3.63) is 11.7 Å². The molecule has 1 N–H and O–H groups in total. The highest BCUT2D eigenvalue weighted by molar-refractivity contribution is 5.01. The summed E-state index contributed by atoms with van der Waals surface area (Å²) in [6.07, 6.45) is 10.2. The minimum absolute atomic E-state index is 0.436. The predicted molar refractivity (Wildman–Crippen MR) is 69.6 cm³/mol. The van der Waals surface area contributed by atoms with Gasteiger partial charge in [0.25, 0.3) is 0 Å². The highest BCUT2D eigenvalue weighted by Crippen LogP contribution is 2.31. The van der Waals surface area contributed by atoms with Crippen LogP contribution in [0.1, 0.15) is 74.9 Å². The van der Waals surface area contributed by atoms with Gasteiger partial charge in [-0.25, -0.2) is 0 Å². The van der Waals surface area contributed by atoms with Gasteiger partial charge in [-0.3, -0.25) is 0 Å². The van der Waals surface area contributed by atoms with Crippen molar-refractivity contribution in [2.45, 2.75) is 63.2 Å². The molecule has 0 spiro atoms. The molecule has 4 nitrogen and oxygen atoms in total. The van der Waals surface area contributed by atoms with Crippen LogP contribution in [0.25, 0.3) is 0 Å². The van der Waals surface area contributed by atoms with Gasteiger partial charge in [-0.05, 0) is 32.2 Å². The number of piperidine rings is 1. The average molecular weight is 249 g/mol. The van der Waals surface area contributed by atoms with Gasteiger partial charge in [-0.15, -0.1) is 0 Å². The van der Waals surface area contributed by atoms with Crippen LogP contribution in [-0.4, -0.2) is 23.2 Å². The quantitative estimate of drug-likeness (QED) is 0.819. The maximum atomic E-state index is 5.50. The highest BCUT2D eigenvalue weighted by atomic mass is 16.5. The van der Waals surface area contributed by atoms with Crippen molar-refractivity contribution in [2.75, 3.05) is 13.1 Å². The minimum atomic E-state index is 0.436. The summed E-state index contributed by atoms with van der Waals surface area (Å²) in [6, 6.07) is 0. The summed E-state index contributed by atoms with van der Waals surface area (Å²) in [5.41, 5.74) is 0. The summed E-state index contributed by atoms with van der Waals surface area (Å²) >= 11 is 0. The molecule has 4 heteroatoms. The largest absolute Gasteiger partial charge is 0.339 e. The molecule has 1 aliphatic carbocycles. The first-order valence-electron chi connectivity index (χ1n) is 7.47. The zero-order valence-electron chi connectivity index (χ0n) is 11.0. The number of nitrogens with zero attached hydrogens (tertiary/aromatic N) is 2. The third kappa shape index (κ3) is 2.74. The summed E-state index contributed by atoms with van der Waals surface area (Å²) in [7, 11) is 0. The zero-order chi connectivity index (χ0) is 12.2. The van der Waals surface area contributed by atoms with Crippen LogP contribution in [0.15, 0.2) is 4.52 Å². The molecule has 0 bridgehead atoms. The lowest BCUT2D eigenvalue weighted by molar-refractivity contribution is 0.318. The maximum Gasteiger partial charge on any atom is 0.231 e. The molecule has 0 radical (unpaired) electrons. The van der Waals surface area contributed by atoms with E-state index in [1.165, 1.54) is 51.4 Å². The standard InChI is InChI=1S/C14H23N3O/c1-2-4-7-11(6-3-1)13-16-14(18-17-13)12-8-5-9-15-10-12/h11-12,15H,1-10H2/t12-/m0/s1. The molecule has 18 heavy (non-hydrogen) atoms. The van der Waals surface area contributed by atoms with Gasteiger partial charge in [0.05, 0.1) is 5.92 Å².